The Bertz CT molecular complexity index is 439. The lowest BCUT2D eigenvalue weighted by molar-refractivity contribution is 0.0941. The summed E-state index contributed by atoms with van der Waals surface area (Å²) in [6, 6.07) is 8.99. The lowest BCUT2D eigenvalue weighted by atomic mass is 10.0. The number of rotatable bonds is 8. The van der Waals surface area contributed by atoms with Crippen molar-refractivity contribution in [2.45, 2.75) is 39.3 Å². The van der Waals surface area contributed by atoms with Gasteiger partial charge in [-0.25, -0.2) is 0 Å². The number of likely N-dealkylation sites (tertiary alicyclic amines) is 1. The maximum Gasteiger partial charge on any atom is 0.119 e. The van der Waals surface area contributed by atoms with Crippen molar-refractivity contribution in [2.24, 2.45) is 5.92 Å². The third-order valence-corrected chi connectivity index (χ3v) is 4.48. The normalized spacial score (nSPS) is 17.1. The summed E-state index contributed by atoms with van der Waals surface area (Å²) in [4.78, 5) is 4.81. The molecule has 1 fully saturated rings. The second kappa shape index (κ2) is 9.26. The fraction of sp³-hybridized carbons (Fsp3) is 0.684. The number of aliphatic hydroxyl groups is 1. The number of benzene rings is 1. The monoisotopic (exact) mass is 320 g/mol. The predicted molar refractivity (Wildman–Crippen MR) is 94.8 cm³/mol. The van der Waals surface area contributed by atoms with Crippen LogP contribution in [0.15, 0.2) is 24.3 Å². The van der Waals surface area contributed by atoms with Gasteiger partial charge in [-0.05, 0) is 56.6 Å². The topological polar surface area (TPSA) is 35.9 Å². The molecule has 0 amide bonds. The van der Waals surface area contributed by atoms with Gasteiger partial charge in [0.25, 0.3) is 0 Å². The second-order valence-electron chi connectivity index (χ2n) is 7.08. The van der Waals surface area contributed by atoms with E-state index in [0.717, 1.165) is 38.5 Å². The molecular weight excluding hydrogens is 288 g/mol. The van der Waals surface area contributed by atoms with Crippen LogP contribution in [-0.2, 0) is 6.54 Å². The highest BCUT2D eigenvalue weighted by molar-refractivity contribution is 5.27. The summed E-state index contributed by atoms with van der Waals surface area (Å²) >= 11 is 0. The van der Waals surface area contributed by atoms with Crippen molar-refractivity contribution >= 4 is 0 Å². The molecule has 1 aromatic rings. The maximum atomic E-state index is 9.39. The van der Waals surface area contributed by atoms with E-state index in [1.54, 1.807) is 0 Å². The summed E-state index contributed by atoms with van der Waals surface area (Å²) in [5.74, 6) is 1.48. The van der Waals surface area contributed by atoms with Gasteiger partial charge in [-0.1, -0.05) is 26.0 Å². The molecule has 1 heterocycles. The van der Waals surface area contributed by atoms with Crippen LogP contribution >= 0.6 is 0 Å². The van der Waals surface area contributed by atoms with Crippen molar-refractivity contribution in [3.05, 3.63) is 29.8 Å². The van der Waals surface area contributed by atoms with Crippen LogP contribution in [0, 0.1) is 5.92 Å². The standard InChI is InChI=1S/C19H32N2O2/c1-16(2)15-23-19-6-4-17(5-7-19)14-21(12-13-22)18-8-10-20(3)11-9-18/h4-7,16,18,22H,8-15H2,1-3H3. The molecular formula is C19H32N2O2. The van der Waals surface area contributed by atoms with Crippen LogP contribution in [0.3, 0.4) is 0 Å². The summed E-state index contributed by atoms with van der Waals surface area (Å²) in [6.07, 6.45) is 2.37. The van der Waals surface area contributed by atoms with E-state index < -0.39 is 0 Å². The first-order chi connectivity index (χ1) is 11.1. The Balaban J connectivity index is 1.91. The number of ether oxygens (including phenoxy) is 1. The summed E-state index contributed by atoms with van der Waals surface area (Å²) in [6.45, 7) is 9.24. The molecule has 4 nitrogen and oxygen atoms in total. The van der Waals surface area contributed by atoms with Crippen LogP contribution in [0.5, 0.6) is 5.75 Å². The van der Waals surface area contributed by atoms with Crippen molar-refractivity contribution in [1.29, 1.82) is 0 Å². The highest BCUT2D eigenvalue weighted by atomic mass is 16.5. The van der Waals surface area contributed by atoms with Gasteiger partial charge in [-0.15, -0.1) is 0 Å². The van der Waals surface area contributed by atoms with E-state index in [1.807, 2.05) is 0 Å². The van der Waals surface area contributed by atoms with E-state index >= 15 is 0 Å². The highest BCUT2D eigenvalue weighted by Gasteiger charge is 2.22. The largest absolute Gasteiger partial charge is 0.493 e. The number of hydrogen-bond donors (Lipinski definition) is 1. The zero-order chi connectivity index (χ0) is 16.7. The van der Waals surface area contributed by atoms with E-state index in [-0.39, 0.29) is 6.61 Å². The third kappa shape index (κ3) is 6.13. The predicted octanol–water partition coefficient (Wildman–Crippen LogP) is 2.61. The average Bonchev–Trinajstić information content (AvgIpc) is 2.54. The summed E-state index contributed by atoms with van der Waals surface area (Å²) in [5.41, 5.74) is 1.29. The van der Waals surface area contributed by atoms with Crippen LogP contribution in [0.4, 0.5) is 0 Å². The lowest BCUT2D eigenvalue weighted by Gasteiger charge is -2.37. The molecule has 0 unspecified atom stereocenters. The Hall–Kier alpha value is -1.10. The molecule has 1 aliphatic heterocycles. The van der Waals surface area contributed by atoms with Gasteiger partial charge in [0.1, 0.15) is 5.75 Å². The minimum Gasteiger partial charge on any atom is -0.493 e. The van der Waals surface area contributed by atoms with Crippen LogP contribution in [0.2, 0.25) is 0 Å². The smallest absolute Gasteiger partial charge is 0.119 e. The molecule has 1 saturated heterocycles. The fourth-order valence-electron chi connectivity index (χ4n) is 3.07. The third-order valence-electron chi connectivity index (χ3n) is 4.48. The summed E-state index contributed by atoms with van der Waals surface area (Å²) < 4.78 is 5.74. The molecule has 23 heavy (non-hydrogen) atoms. The number of piperidine rings is 1. The molecule has 0 atom stereocenters. The molecule has 2 rings (SSSR count). The first kappa shape index (κ1) is 18.2. The highest BCUT2D eigenvalue weighted by Crippen LogP contribution is 2.20. The molecule has 0 saturated carbocycles. The molecule has 0 radical (unpaired) electrons. The number of aliphatic hydroxyl groups excluding tert-OH is 1. The lowest BCUT2D eigenvalue weighted by Crippen LogP contribution is -2.44. The van der Waals surface area contributed by atoms with Gasteiger partial charge in [0.05, 0.1) is 13.2 Å². The van der Waals surface area contributed by atoms with Gasteiger partial charge < -0.3 is 14.7 Å². The van der Waals surface area contributed by atoms with Crippen molar-refractivity contribution in [3.63, 3.8) is 0 Å². The van der Waals surface area contributed by atoms with Gasteiger partial charge in [-0.2, -0.15) is 0 Å². The fourth-order valence-corrected chi connectivity index (χ4v) is 3.07. The van der Waals surface area contributed by atoms with Crippen molar-refractivity contribution in [3.8, 4) is 5.75 Å². The molecule has 1 N–H and O–H groups in total. The van der Waals surface area contributed by atoms with Crippen molar-refractivity contribution in [1.82, 2.24) is 9.80 Å². The van der Waals surface area contributed by atoms with E-state index in [0.29, 0.717) is 12.0 Å². The van der Waals surface area contributed by atoms with Gasteiger partial charge in [0.15, 0.2) is 0 Å². The van der Waals surface area contributed by atoms with E-state index in [1.165, 1.54) is 18.4 Å². The average molecular weight is 320 g/mol. The van der Waals surface area contributed by atoms with Crippen LogP contribution < -0.4 is 4.74 Å². The van der Waals surface area contributed by atoms with Crippen molar-refractivity contribution in [2.75, 3.05) is 39.9 Å². The molecule has 130 valence electrons. The summed E-state index contributed by atoms with van der Waals surface area (Å²) in [7, 11) is 2.18. The van der Waals surface area contributed by atoms with E-state index in [9.17, 15) is 5.11 Å². The Morgan fingerprint density at radius 3 is 2.43 bits per heavy atom. The first-order valence-electron chi connectivity index (χ1n) is 8.83. The maximum absolute atomic E-state index is 9.39. The zero-order valence-electron chi connectivity index (χ0n) is 14.9. The minimum absolute atomic E-state index is 0.224. The number of nitrogens with zero attached hydrogens (tertiary/aromatic N) is 2. The quantitative estimate of drug-likeness (QED) is 0.799. The second-order valence-corrected chi connectivity index (χ2v) is 7.08. The molecule has 1 aromatic carbocycles. The van der Waals surface area contributed by atoms with Crippen molar-refractivity contribution < 1.29 is 9.84 Å². The Morgan fingerprint density at radius 2 is 1.87 bits per heavy atom. The first-order valence-corrected chi connectivity index (χ1v) is 8.83. The van der Waals surface area contributed by atoms with Crippen LogP contribution in [0.25, 0.3) is 0 Å². The van der Waals surface area contributed by atoms with Crippen LogP contribution in [0.1, 0.15) is 32.3 Å². The molecule has 0 aliphatic carbocycles. The Kier molecular flexibility index (Phi) is 7.34. The Labute approximate surface area is 141 Å². The van der Waals surface area contributed by atoms with Gasteiger partial charge in [-0.3, -0.25) is 4.90 Å². The van der Waals surface area contributed by atoms with E-state index in [2.05, 4.69) is 55.0 Å². The zero-order valence-corrected chi connectivity index (χ0v) is 14.9. The number of hydrogen-bond acceptors (Lipinski definition) is 4. The molecule has 0 aromatic heterocycles. The molecule has 1 aliphatic rings. The molecule has 0 bridgehead atoms. The van der Waals surface area contributed by atoms with Gasteiger partial charge in [0, 0.05) is 19.1 Å². The Morgan fingerprint density at radius 1 is 1.22 bits per heavy atom. The molecule has 4 heteroatoms. The van der Waals surface area contributed by atoms with Crippen LogP contribution in [-0.4, -0.2) is 60.8 Å². The SMILES string of the molecule is CC(C)COc1ccc(CN(CCO)C2CCN(C)CC2)cc1. The summed E-state index contributed by atoms with van der Waals surface area (Å²) in [5, 5.41) is 9.39. The minimum atomic E-state index is 0.224. The van der Waals surface area contributed by atoms with E-state index in [4.69, 9.17) is 4.74 Å². The van der Waals surface area contributed by atoms with Gasteiger partial charge >= 0.3 is 0 Å². The molecule has 0 spiro atoms. The van der Waals surface area contributed by atoms with Gasteiger partial charge in [0.2, 0.25) is 0 Å².